The molecule has 0 heterocycles. The minimum Gasteiger partial charge on any atom is -0.0984 e. The molecule has 0 bridgehead atoms. The molecule has 0 aliphatic carbocycles. The van der Waals surface area contributed by atoms with E-state index < -0.39 is 0 Å². The Labute approximate surface area is 237 Å². The van der Waals surface area contributed by atoms with Crippen molar-refractivity contribution in [1.82, 2.24) is 0 Å². The highest BCUT2D eigenvalue weighted by atomic mass is 14.2. The summed E-state index contributed by atoms with van der Waals surface area (Å²) in [6.07, 6.45) is 13.8. The van der Waals surface area contributed by atoms with Gasteiger partial charge in [-0.3, -0.25) is 0 Å². The second kappa shape index (κ2) is 38.2. The number of hydrogen-bond acceptors (Lipinski definition) is 0. The highest BCUT2D eigenvalue weighted by Crippen LogP contribution is 2.36. The Kier molecular flexibility index (Phi) is 49.4. The largest absolute Gasteiger partial charge is 0.0984 e. The molecule has 37 heavy (non-hydrogen) atoms. The fourth-order valence-electron chi connectivity index (χ4n) is 3.01. The van der Waals surface area contributed by atoms with Gasteiger partial charge in [-0.1, -0.05) is 151 Å². The Morgan fingerprint density at radius 2 is 1.16 bits per heavy atom. The van der Waals surface area contributed by atoms with Crippen molar-refractivity contribution < 1.29 is 0 Å². The van der Waals surface area contributed by atoms with Gasteiger partial charge in [-0.2, -0.15) is 0 Å². The molecule has 0 unspecified atom stereocenters. The highest BCUT2D eigenvalue weighted by molar-refractivity contribution is 5.90. The van der Waals surface area contributed by atoms with Gasteiger partial charge in [0.2, 0.25) is 0 Å². The van der Waals surface area contributed by atoms with Crippen LogP contribution in [0.5, 0.6) is 0 Å². The molecular weight excluding hydrogens is 444 g/mol. The smallest absolute Gasteiger partial charge is 0.00709 e. The summed E-state index contributed by atoms with van der Waals surface area (Å²) in [5.41, 5.74) is 9.54. The average molecular weight is 513 g/mol. The third-order valence-corrected chi connectivity index (χ3v) is 4.12. The molecule has 0 saturated carbocycles. The van der Waals surface area contributed by atoms with Crippen molar-refractivity contribution in [2.24, 2.45) is 0 Å². The van der Waals surface area contributed by atoms with Crippen LogP contribution in [0.4, 0.5) is 0 Å². The predicted molar refractivity (Wildman–Crippen MR) is 184 cm³/mol. The van der Waals surface area contributed by atoms with Gasteiger partial charge in [0.25, 0.3) is 0 Å². The molecule has 0 aliphatic rings. The zero-order valence-corrected chi connectivity index (χ0v) is 28.7. The minimum absolute atomic E-state index is 1.05. The Bertz CT molecular complexity index is 761. The normalized spacial score (nSPS) is 10.1. The van der Waals surface area contributed by atoms with Crippen LogP contribution in [0, 0.1) is 13.8 Å². The van der Waals surface area contributed by atoms with Gasteiger partial charge in [-0.15, -0.1) is 0 Å². The first kappa shape index (κ1) is 47.8. The van der Waals surface area contributed by atoms with E-state index in [1.54, 1.807) is 0 Å². The van der Waals surface area contributed by atoms with E-state index in [2.05, 4.69) is 104 Å². The lowest BCUT2D eigenvalue weighted by Gasteiger charge is -2.20. The van der Waals surface area contributed by atoms with Crippen LogP contribution >= 0.6 is 0 Å². The summed E-state index contributed by atoms with van der Waals surface area (Å²) >= 11 is 0. The standard InChI is InChI=1S/C24H30.C3H8.5C2H6/c1-9-13-20(11-3)21(12-4)23(17(5)6)24-19(8)16-15-18(7)22(24)14-10-2;1-3-2;5*1-2/h9-16H,4-5H2,1-3,6-8H3;3H2,1-2H3;5*1-2H3/b13-9-,14-10-,20-11-,23-21+;;;;;;. The van der Waals surface area contributed by atoms with Crippen LogP contribution in [0.1, 0.15) is 139 Å². The fourth-order valence-corrected chi connectivity index (χ4v) is 3.01. The van der Waals surface area contributed by atoms with Crippen LogP contribution in [0.3, 0.4) is 0 Å². The van der Waals surface area contributed by atoms with E-state index in [0.717, 1.165) is 16.7 Å². The second-order valence-electron chi connectivity index (χ2n) is 6.71. The molecule has 0 nitrogen and oxygen atoms in total. The van der Waals surface area contributed by atoms with Crippen molar-refractivity contribution in [2.45, 2.75) is 131 Å². The van der Waals surface area contributed by atoms with Crippen molar-refractivity contribution in [3.63, 3.8) is 0 Å². The Morgan fingerprint density at radius 3 is 1.46 bits per heavy atom. The minimum atomic E-state index is 1.05. The fraction of sp³-hybridized carbons (Fsp3) is 0.514. The maximum absolute atomic E-state index is 4.27. The lowest BCUT2D eigenvalue weighted by molar-refractivity contribution is 1.09. The van der Waals surface area contributed by atoms with Gasteiger partial charge in [0, 0.05) is 0 Å². The Morgan fingerprint density at radius 1 is 0.757 bits per heavy atom. The van der Waals surface area contributed by atoms with Gasteiger partial charge >= 0.3 is 0 Å². The Hall–Kier alpha value is -2.34. The van der Waals surface area contributed by atoms with Gasteiger partial charge in [0.1, 0.15) is 0 Å². The number of rotatable bonds is 6. The molecule has 1 aromatic rings. The SMILES string of the molecule is C=CC(/C(/C=C\C)=C\C)=C(/C(=C)C)c1c(C)ccc(C)c1/C=C\C.CC.CC.CC.CC.CC.CCC. The molecule has 0 N–H and O–H groups in total. The van der Waals surface area contributed by atoms with Gasteiger partial charge < -0.3 is 0 Å². The molecule has 0 amide bonds. The van der Waals surface area contributed by atoms with Gasteiger partial charge in [0.05, 0.1) is 0 Å². The molecular formula is C37H68. The first-order valence-electron chi connectivity index (χ1n) is 14.9. The molecule has 0 fully saturated rings. The first-order valence-corrected chi connectivity index (χ1v) is 14.9. The maximum Gasteiger partial charge on any atom is -0.00709 e. The van der Waals surface area contributed by atoms with Crippen LogP contribution in [0.25, 0.3) is 11.6 Å². The van der Waals surface area contributed by atoms with Crippen LogP contribution in [0.15, 0.2) is 72.4 Å². The molecule has 1 aromatic carbocycles. The zero-order valence-electron chi connectivity index (χ0n) is 28.7. The van der Waals surface area contributed by atoms with E-state index in [9.17, 15) is 0 Å². The topological polar surface area (TPSA) is 0 Å². The summed E-state index contributed by atoms with van der Waals surface area (Å²) in [6, 6.07) is 4.37. The quantitative estimate of drug-likeness (QED) is 0.332. The van der Waals surface area contributed by atoms with Gasteiger partial charge in [-0.25, -0.2) is 0 Å². The molecule has 0 aromatic heterocycles. The van der Waals surface area contributed by atoms with E-state index >= 15 is 0 Å². The summed E-state index contributed by atoms with van der Waals surface area (Å²) in [5, 5.41) is 0. The second-order valence-corrected chi connectivity index (χ2v) is 6.71. The lowest BCUT2D eigenvalue weighted by Crippen LogP contribution is -2.01. The van der Waals surface area contributed by atoms with Crippen molar-refractivity contribution in [3.8, 4) is 0 Å². The monoisotopic (exact) mass is 513 g/mol. The van der Waals surface area contributed by atoms with Gasteiger partial charge in [0.15, 0.2) is 0 Å². The van der Waals surface area contributed by atoms with Crippen molar-refractivity contribution in [2.75, 3.05) is 0 Å². The third kappa shape index (κ3) is 20.4. The van der Waals surface area contributed by atoms with Crippen molar-refractivity contribution in [1.29, 1.82) is 0 Å². The third-order valence-electron chi connectivity index (χ3n) is 4.12. The zero-order chi connectivity index (χ0) is 31.0. The van der Waals surface area contributed by atoms with E-state index in [1.165, 1.54) is 34.2 Å². The summed E-state index contributed by atoms with van der Waals surface area (Å²) in [6.45, 7) is 45.1. The number of hydrogen-bond donors (Lipinski definition) is 0. The average Bonchev–Trinajstić information content (AvgIpc) is 2.95. The molecule has 216 valence electrons. The summed E-state index contributed by atoms with van der Waals surface area (Å²) in [7, 11) is 0. The lowest BCUT2D eigenvalue weighted by atomic mass is 9.83. The number of allylic oxidation sites excluding steroid dienone is 9. The Balaban J connectivity index is -0.000000159. The van der Waals surface area contributed by atoms with Crippen LogP contribution in [-0.2, 0) is 0 Å². The number of benzene rings is 1. The molecule has 0 aliphatic heterocycles. The maximum atomic E-state index is 4.27. The molecule has 1 rings (SSSR count). The summed E-state index contributed by atoms with van der Waals surface area (Å²) in [4.78, 5) is 0. The molecule has 0 spiro atoms. The molecule has 0 saturated heterocycles. The summed E-state index contributed by atoms with van der Waals surface area (Å²) < 4.78 is 0. The van der Waals surface area contributed by atoms with Crippen LogP contribution < -0.4 is 0 Å². The van der Waals surface area contributed by atoms with Crippen molar-refractivity contribution >= 4 is 11.6 Å². The summed E-state index contributed by atoms with van der Waals surface area (Å²) in [5.74, 6) is 0. The van der Waals surface area contributed by atoms with E-state index in [-0.39, 0.29) is 0 Å². The van der Waals surface area contributed by atoms with Crippen molar-refractivity contribution in [3.05, 3.63) is 94.6 Å². The molecule has 0 atom stereocenters. The van der Waals surface area contributed by atoms with Crippen LogP contribution in [0.2, 0.25) is 0 Å². The van der Waals surface area contributed by atoms with Gasteiger partial charge in [-0.05, 0) is 86.1 Å². The molecule has 0 radical (unpaired) electrons. The predicted octanol–water partition coefficient (Wildman–Crippen LogP) is 13.9. The van der Waals surface area contributed by atoms with E-state index in [4.69, 9.17) is 0 Å². The highest BCUT2D eigenvalue weighted by Gasteiger charge is 2.16. The molecule has 0 heteroatoms. The van der Waals surface area contributed by atoms with E-state index in [0.29, 0.717) is 0 Å². The number of aryl methyl sites for hydroxylation is 2. The first-order chi connectivity index (χ1) is 17.8. The van der Waals surface area contributed by atoms with E-state index in [1.807, 2.05) is 82.2 Å². The van der Waals surface area contributed by atoms with Crippen LogP contribution in [-0.4, -0.2) is 0 Å².